The van der Waals surface area contributed by atoms with Crippen LogP contribution in [0.3, 0.4) is 0 Å². The molecule has 2 fully saturated rings. The van der Waals surface area contributed by atoms with Crippen LogP contribution in [0.25, 0.3) is 0 Å². The Bertz CT molecular complexity index is 388. The van der Waals surface area contributed by atoms with E-state index >= 15 is 0 Å². The molecule has 10 N–H and O–H groups in total. The number of nitrogens with two attached hydrogens (primary N) is 3. The van der Waals surface area contributed by atoms with Crippen LogP contribution in [0.2, 0.25) is 0 Å². The van der Waals surface area contributed by atoms with E-state index in [1.165, 1.54) is 0 Å². The topological polar surface area (TPSA) is 169 Å². The average Bonchev–Trinajstić information content (AvgIpc) is 2.51. The van der Waals surface area contributed by atoms with Crippen molar-refractivity contribution in [3.05, 3.63) is 0 Å². The first-order valence-electron chi connectivity index (χ1n) is 8.07. The Hall–Kier alpha value is -0.360. The van der Waals surface area contributed by atoms with Crippen LogP contribution < -0.4 is 22.5 Å². The first-order chi connectivity index (χ1) is 10.8. The molecular weight excluding hydrogens is 304 g/mol. The number of aliphatic hydroxyl groups is 3. The van der Waals surface area contributed by atoms with Crippen molar-refractivity contribution < 1.29 is 24.8 Å². The van der Waals surface area contributed by atoms with Crippen molar-refractivity contribution in [2.24, 2.45) is 17.2 Å². The van der Waals surface area contributed by atoms with Gasteiger partial charge in [-0.05, 0) is 26.8 Å². The Morgan fingerprint density at radius 3 is 2.35 bits per heavy atom. The van der Waals surface area contributed by atoms with Gasteiger partial charge >= 0.3 is 0 Å². The number of rotatable bonds is 4. The van der Waals surface area contributed by atoms with Crippen LogP contribution in [0.15, 0.2) is 0 Å². The molecule has 0 aromatic heterocycles. The third kappa shape index (κ3) is 3.84. The van der Waals surface area contributed by atoms with E-state index in [0.29, 0.717) is 6.42 Å². The van der Waals surface area contributed by atoms with E-state index in [0.717, 1.165) is 6.42 Å². The molecule has 0 unspecified atom stereocenters. The van der Waals surface area contributed by atoms with E-state index in [-0.39, 0.29) is 18.2 Å². The first-order valence-corrected chi connectivity index (χ1v) is 8.07. The third-order valence-electron chi connectivity index (χ3n) is 4.85. The number of hydrogen-bond donors (Lipinski definition) is 7. The average molecular weight is 334 g/mol. The van der Waals surface area contributed by atoms with Crippen molar-refractivity contribution in [3.8, 4) is 0 Å². The Balaban J connectivity index is 2.09. The lowest BCUT2D eigenvalue weighted by atomic mass is 9.82. The van der Waals surface area contributed by atoms with Gasteiger partial charge in [-0.15, -0.1) is 0 Å². The third-order valence-corrected chi connectivity index (χ3v) is 4.85. The van der Waals surface area contributed by atoms with Crippen molar-refractivity contribution in [1.29, 1.82) is 0 Å². The van der Waals surface area contributed by atoms with Crippen molar-refractivity contribution in [2.75, 3.05) is 7.05 Å². The van der Waals surface area contributed by atoms with Crippen LogP contribution >= 0.6 is 0 Å². The van der Waals surface area contributed by atoms with Crippen molar-refractivity contribution in [3.63, 3.8) is 0 Å². The van der Waals surface area contributed by atoms with E-state index in [2.05, 4.69) is 5.32 Å². The van der Waals surface area contributed by atoms with Crippen LogP contribution in [-0.2, 0) is 9.47 Å². The molecule has 9 nitrogen and oxygen atoms in total. The molecule has 1 heterocycles. The zero-order valence-corrected chi connectivity index (χ0v) is 13.6. The van der Waals surface area contributed by atoms with Gasteiger partial charge in [0.2, 0.25) is 0 Å². The highest BCUT2D eigenvalue weighted by Gasteiger charge is 2.49. The fraction of sp³-hybridized carbons (Fsp3) is 1.00. The molecule has 0 amide bonds. The van der Waals surface area contributed by atoms with Crippen LogP contribution in [-0.4, -0.2) is 83.3 Å². The Kier molecular flexibility index (Phi) is 6.34. The highest BCUT2D eigenvalue weighted by Crippen LogP contribution is 2.27. The summed E-state index contributed by atoms with van der Waals surface area (Å²) in [6, 6.07) is -2.27. The summed E-state index contributed by atoms with van der Waals surface area (Å²) in [5, 5.41) is 33.3. The van der Waals surface area contributed by atoms with Gasteiger partial charge in [0.25, 0.3) is 0 Å². The quantitative estimate of drug-likeness (QED) is 0.276. The standard InChI is InChI=1S/C14H30N4O5/c1-5(15)7-4-3-6(16)14(22-7)23-13-8(17)10(19)11(20)9(18-2)12(13)21/h5-14,18-21H,3-4,15-17H2,1-2H3/t5-,6+,7-,8-,9-,10-,11-,12+,13+,14+/m0/s1. The van der Waals surface area contributed by atoms with Gasteiger partial charge in [-0.2, -0.15) is 0 Å². The summed E-state index contributed by atoms with van der Waals surface area (Å²) >= 11 is 0. The number of ether oxygens (including phenoxy) is 2. The molecular formula is C14H30N4O5. The van der Waals surface area contributed by atoms with Crippen LogP contribution in [0.5, 0.6) is 0 Å². The number of hydrogen-bond acceptors (Lipinski definition) is 9. The van der Waals surface area contributed by atoms with Gasteiger partial charge in [0, 0.05) is 6.04 Å². The van der Waals surface area contributed by atoms with Crippen molar-refractivity contribution in [2.45, 2.75) is 80.7 Å². The van der Waals surface area contributed by atoms with Gasteiger partial charge in [0.1, 0.15) is 6.10 Å². The number of nitrogens with one attached hydrogen (secondary N) is 1. The Morgan fingerprint density at radius 1 is 1.13 bits per heavy atom. The van der Waals surface area contributed by atoms with Gasteiger partial charge in [-0.3, -0.25) is 0 Å². The smallest absolute Gasteiger partial charge is 0.173 e. The fourth-order valence-corrected chi connectivity index (χ4v) is 3.29. The second-order valence-electron chi connectivity index (χ2n) is 6.61. The summed E-state index contributed by atoms with van der Waals surface area (Å²) in [7, 11) is 1.58. The SMILES string of the molecule is CN[C@H]1[C@H](O)[C@@H](O)[C@H](N)[C@@H](O[C@H]2O[C@H]([C@H](C)N)CC[C@H]2N)[C@@H]1O. The molecule has 0 bridgehead atoms. The van der Waals surface area contributed by atoms with Gasteiger partial charge in [0.05, 0.1) is 42.5 Å². The highest BCUT2D eigenvalue weighted by atomic mass is 16.7. The van der Waals surface area contributed by atoms with Crippen LogP contribution in [0.1, 0.15) is 19.8 Å². The fourth-order valence-electron chi connectivity index (χ4n) is 3.29. The summed E-state index contributed by atoms with van der Waals surface area (Å²) in [6.45, 7) is 1.84. The molecule has 1 aliphatic carbocycles. The lowest BCUT2D eigenvalue weighted by Gasteiger charge is -2.47. The predicted octanol–water partition coefficient (Wildman–Crippen LogP) is -3.44. The van der Waals surface area contributed by atoms with Gasteiger partial charge < -0.3 is 47.3 Å². The lowest BCUT2D eigenvalue weighted by molar-refractivity contribution is -0.261. The summed E-state index contributed by atoms with van der Waals surface area (Å²) in [5.74, 6) is 0. The molecule has 0 aromatic rings. The maximum absolute atomic E-state index is 10.4. The van der Waals surface area contributed by atoms with Crippen LogP contribution in [0.4, 0.5) is 0 Å². The summed E-state index contributed by atoms with van der Waals surface area (Å²) in [5.41, 5.74) is 17.8. The van der Waals surface area contributed by atoms with E-state index in [1.54, 1.807) is 7.05 Å². The van der Waals surface area contributed by atoms with E-state index < -0.39 is 42.8 Å². The second-order valence-corrected chi connectivity index (χ2v) is 6.61. The van der Waals surface area contributed by atoms with Crippen LogP contribution in [0, 0.1) is 0 Å². The molecule has 0 spiro atoms. The molecule has 10 atom stereocenters. The van der Waals surface area contributed by atoms with Crippen molar-refractivity contribution in [1.82, 2.24) is 5.32 Å². The monoisotopic (exact) mass is 334 g/mol. The molecule has 0 radical (unpaired) electrons. The van der Waals surface area contributed by atoms with Gasteiger partial charge in [-0.25, -0.2) is 0 Å². The minimum absolute atomic E-state index is 0.170. The number of likely N-dealkylation sites (N-methyl/N-ethyl adjacent to an activating group) is 1. The zero-order chi connectivity index (χ0) is 17.3. The Labute approximate surface area is 136 Å². The normalized spacial score (nSPS) is 49.8. The van der Waals surface area contributed by atoms with E-state index in [4.69, 9.17) is 26.7 Å². The lowest BCUT2D eigenvalue weighted by Crippen LogP contribution is -2.71. The van der Waals surface area contributed by atoms with Crippen molar-refractivity contribution >= 4 is 0 Å². The second kappa shape index (κ2) is 7.68. The minimum Gasteiger partial charge on any atom is -0.389 e. The summed E-state index contributed by atoms with van der Waals surface area (Å²) in [6.07, 6.45) is -4.01. The molecule has 0 aromatic carbocycles. The molecule has 136 valence electrons. The maximum atomic E-state index is 10.4. The summed E-state index contributed by atoms with van der Waals surface area (Å²) in [4.78, 5) is 0. The maximum Gasteiger partial charge on any atom is 0.173 e. The largest absolute Gasteiger partial charge is 0.389 e. The minimum atomic E-state index is -1.23. The predicted molar refractivity (Wildman–Crippen MR) is 83.2 cm³/mol. The molecule has 2 rings (SSSR count). The molecule has 9 heteroatoms. The zero-order valence-electron chi connectivity index (χ0n) is 13.6. The summed E-state index contributed by atoms with van der Waals surface area (Å²) < 4.78 is 11.6. The molecule has 1 aliphatic heterocycles. The van der Waals surface area contributed by atoms with E-state index in [1.807, 2.05) is 6.92 Å². The number of aliphatic hydroxyl groups excluding tert-OH is 3. The van der Waals surface area contributed by atoms with Gasteiger partial charge in [0.15, 0.2) is 6.29 Å². The van der Waals surface area contributed by atoms with Gasteiger partial charge in [-0.1, -0.05) is 0 Å². The van der Waals surface area contributed by atoms with E-state index in [9.17, 15) is 15.3 Å². The molecule has 2 aliphatic rings. The highest BCUT2D eigenvalue weighted by molar-refractivity contribution is 5.04. The molecule has 1 saturated heterocycles. The molecule has 1 saturated carbocycles. The first kappa shape index (κ1) is 19.0. The molecule has 23 heavy (non-hydrogen) atoms. The Morgan fingerprint density at radius 2 is 1.78 bits per heavy atom.